The average molecular weight is 407 g/mol. The summed E-state index contributed by atoms with van der Waals surface area (Å²) in [5, 5.41) is 14.2. The Morgan fingerprint density at radius 1 is 0.897 bits per heavy atom. The highest BCUT2D eigenvalue weighted by Gasteiger charge is 2.35. The smallest absolute Gasteiger partial charge is 0.303 e. The molecule has 2 aliphatic rings. The summed E-state index contributed by atoms with van der Waals surface area (Å²) in [6.07, 6.45) is 17.2. The van der Waals surface area contributed by atoms with Gasteiger partial charge in [-0.2, -0.15) is 0 Å². The van der Waals surface area contributed by atoms with Gasteiger partial charge in [0.25, 0.3) is 0 Å². The number of carboxylic acids is 1. The van der Waals surface area contributed by atoms with Crippen molar-refractivity contribution in [3.8, 4) is 0 Å². The second-order valence-electron chi connectivity index (χ2n) is 8.73. The molecular formula is C23H38N2O4. The van der Waals surface area contributed by atoms with E-state index in [0.717, 1.165) is 38.0 Å². The van der Waals surface area contributed by atoms with Gasteiger partial charge in [-0.15, -0.1) is 0 Å². The normalized spacial score (nSPS) is 21.8. The summed E-state index contributed by atoms with van der Waals surface area (Å²) in [7, 11) is 0. The molecule has 2 atom stereocenters. The van der Waals surface area contributed by atoms with Crippen molar-refractivity contribution in [3.63, 3.8) is 0 Å². The second kappa shape index (κ2) is 13.4. The summed E-state index contributed by atoms with van der Waals surface area (Å²) < 4.78 is 0. The number of carbonyl (C=O) groups is 3. The molecule has 0 aromatic carbocycles. The maximum Gasteiger partial charge on any atom is 0.303 e. The number of carbonyl (C=O) groups excluding carboxylic acids is 2. The first kappa shape index (κ1) is 23.4. The fraction of sp³-hybridized carbons (Fsp3) is 0.783. The van der Waals surface area contributed by atoms with Crippen LogP contribution < -0.4 is 10.6 Å². The monoisotopic (exact) mass is 406 g/mol. The molecule has 0 aromatic rings. The Hall–Kier alpha value is -1.85. The van der Waals surface area contributed by atoms with Gasteiger partial charge in [0.15, 0.2) is 0 Å². The Morgan fingerprint density at radius 3 is 2.45 bits per heavy atom. The first-order valence-corrected chi connectivity index (χ1v) is 11.4. The third-order valence-electron chi connectivity index (χ3n) is 6.18. The Kier molecular flexibility index (Phi) is 10.8. The van der Waals surface area contributed by atoms with Crippen molar-refractivity contribution in [1.82, 2.24) is 10.6 Å². The van der Waals surface area contributed by atoms with Crippen molar-refractivity contribution in [2.24, 2.45) is 17.8 Å². The number of allylic oxidation sites excluding steroid dienone is 2. The third kappa shape index (κ3) is 11.1. The summed E-state index contributed by atoms with van der Waals surface area (Å²) in [6, 6.07) is 0. The fourth-order valence-corrected chi connectivity index (χ4v) is 4.21. The van der Waals surface area contributed by atoms with Crippen LogP contribution in [0.1, 0.15) is 83.5 Å². The zero-order valence-corrected chi connectivity index (χ0v) is 17.7. The quantitative estimate of drug-likeness (QED) is 0.302. The predicted octanol–water partition coefficient (Wildman–Crippen LogP) is 3.81. The number of unbranched alkanes of at least 4 members (excludes halogenated alkanes) is 1. The lowest BCUT2D eigenvalue weighted by molar-refractivity contribution is -0.137. The fourth-order valence-electron chi connectivity index (χ4n) is 4.21. The molecule has 0 aliphatic heterocycles. The molecule has 0 radical (unpaired) electrons. The molecule has 2 saturated carbocycles. The van der Waals surface area contributed by atoms with E-state index >= 15 is 0 Å². The van der Waals surface area contributed by atoms with Crippen LogP contribution in [-0.4, -0.2) is 36.0 Å². The highest BCUT2D eigenvalue weighted by molar-refractivity contribution is 5.84. The summed E-state index contributed by atoms with van der Waals surface area (Å²) in [5.41, 5.74) is 0. The molecule has 2 rings (SSSR count). The van der Waals surface area contributed by atoms with Crippen molar-refractivity contribution in [1.29, 1.82) is 0 Å². The van der Waals surface area contributed by atoms with Crippen LogP contribution in [0.4, 0.5) is 0 Å². The van der Waals surface area contributed by atoms with E-state index in [1.165, 1.54) is 32.1 Å². The standard InChI is InChI=1S/C23H38N2O4/c26-21(13-8-11-18-9-4-3-5-10-18)25-17-22(27)24-16-20-15-19(20)12-6-1-2-7-14-23(28)29/h1,6,18-20H,2-5,7-17H2,(H,24,27)(H,25,26)(H,28,29)/b6-1-/t19-,20-/m1/s1. The number of nitrogens with one attached hydrogen (secondary N) is 2. The molecule has 2 aliphatic carbocycles. The van der Waals surface area contributed by atoms with Crippen molar-refractivity contribution in [2.75, 3.05) is 13.1 Å². The van der Waals surface area contributed by atoms with E-state index in [1.54, 1.807) is 0 Å². The molecule has 0 saturated heterocycles. The topological polar surface area (TPSA) is 95.5 Å². The summed E-state index contributed by atoms with van der Waals surface area (Å²) in [4.78, 5) is 34.2. The van der Waals surface area contributed by atoms with E-state index in [0.29, 0.717) is 31.2 Å². The minimum Gasteiger partial charge on any atom is -0.481 e. The third-order valence-corrected chi connectivity index (χ3v) is 6.18. The largest absolute Gasteiger partial charge is 0.481 e. The molecule has 2 fully saturated rings. The highest BCUT2D eigenvalue weighted by atomic mass is 16.4. The molecule has 0 unspecified atom stereocenters. The second-order valence-corrected chi connectivity index (χ2v) is 8.73. The zero-order valence-electron chi connectivity index (χ0n) is 17.7. The lowest BCUT2D eigenvalue weighted by Crippen LogP contribution is -2.37. The average Bonchev–Trinajstić information content (AvgIpc) is 3.46. The van der Waals surface area contributed by atoms with Crippen molar-refractivity contribution in [2.45, 2.75) is 83.5 Å². The number of rotatable bonds is 14. The van der Waals surface area contributed by atoms with Gasteiger partial charge < -0.3 is 15.7 Å². The van der Waals surface area contributed by atoms with Gasteiger partial charge in [-0.1, -0.05) is 44.3 Å². The number of hydrogen-bond acceptors (Lipinski definition) is 3. The molecule has 0 aromatic heterocycles. The van der Waals surface area contributed by atoms with Gasteiger partial charge in [-0.25, -0.2) is 0 Å². The predicted molar refractivity (Wildman–Crippen MR) is 113 cm³/mol. The lowest BCUT2D eigenvalue weighted by Gasteiger charge is -2.21. The Balaban J connectivity index is 1.42. The molecule has 6 nitrogen and oxygen atoms in total. The van der Waals surface area contributed by atoms with Crippen molar-refractivity contribution >= 4 is 17.8 Å². The van der Waals surface area contributed by atoms with Gasteiger partial charge in [0.05, 0.1) is 6.54 Å². The van der Waals surface area contributed by atoms with Crippen LogP contribution in [0.2, 0.25) is 0 Å². The van der Waals surface area contributed by atoms with E-state index in [9.17, 15) is 14.4 Å². The first-order chi connectivity index (χ1) is 14.0. The first-order valence-electron chi connectivity index (χ1n) is 11.4. The molecule has 2 amide bonds. The molecule has 0 heterocycles. The van der Waals surface area contributed by atoms with Gasteiger partial charge in [0.2, 0.25) is 11.8 Å². The zero-order chi connectivity index (χ0) is 20.9. The SMILES string of the molecule is O=C(O)CCC/C=C\C[C@@H]1C[C@@H]1CNC(=O)CNC(=O)CCCC1CCCCC1. The van der Waals surface area contributed by atoms with Crippen molar-refractivity contribution < 1.29 is 19.5 Å². The maximum atomic E-state index is 11.9. The van der Waals surface area contributed by atoms with Gasteiger partial charge in [-0.3, -0.25) is 14.4 Å². The van der Waals surface area contributed by atoms with E-state index in [2.05, 4.69) is 22.8 Å². The maximum absolute atomic E-state index is 11.9. The molecule has 0 spiro atoms. The summed E-state index contributed by atoms with van der Waals surface area (Å²) in [5.74, 6) is 1.06. The minimum atomic E-state index is -0.743. The van der Waals surface area contributed by atoms with Crippen LogP contribution in [0.5, 0.6) is 0 Å². The van der Waals surface area contributed by atoms with Crippen LogP contribution in [0.25, 0.3) is 0 Å². The van der Waals surface area contributed by atoms with E-state index < -0.39 is 5.97 Å². The van der Waals surface area contributed by atoms with Crippen molar-refractivity contribution in [3.05, 3.63) is 12.2 Å². The van der Waals surface area contributed by atoms with E-state index in [1.807, 2.05) is 0 Å². The Morgan fingerprint density at radius 2 is 1.69 bits per heavy atom. The van der Waals surface area contributed by atoms with E-state index in [-0.39, 0.29) is 24.8 Å². The summed E-state index contributed by atoms with van der Waals surface area (Å²) in [6.45, 7) is 0.747. The number of aliphatic carboxylic acids is 1. The number of carboxylic acid groups (broad SMARTS) is 1. The van der Waals surface area contributed by atoms with Crippen LogP contribution in [-0.2, 0) is 14.4 Å². The lowest BCUT2D eigenvalue weighted by atomic mass is 9.86. The molecular weight excluding hydrogens is 368 g/mol. The van der Waals surface area contributed by atoms with Gasteiger partial charge in [-0.05, 0) is 56.3 Å². The van der Waals surface area contributed by atoms with Gasteiger partial charge >= 0.3 is 5.97 Å². The number of hydrogen-bond donors (Lipinski definition) is 3. The van der Waals surface area contributed by atoms with Crippen LogP contribution in [0.15, 0.2) is 12.2 Å². The minimum absolute atomic E-state index is 0.0201. The van der Waals surface area contributed by atoms with Crippen LogP contribution >= 0.6 is 0 Å². The Bertz CT molecular complexity index is 555. The number of amides is 2. The molecule has 0 bridgehead atoms. The highest BCUT2D eigenvalue weighted by Crippen LogP contribution is 2.40. The van der Waals surface area contributed by atoms with Crippen LogP contribution in [0.3, 0.4) is 0 Å². The molecule has 6 heteroatoms. The molecule has 164 valence electrons. The van der Waals surface area contributed by atoms with Gasteiger partial charge in [0.1, 0.15) is 0 Å². The van der Waals surface area contributed by atoms with Crippen LogP contribution in [0, 0.1) is 17.8 Å². The Labute approximate surface area is 174 Å². The molecule has 29 heavy (non-hydrogen) atoms. The van der Waals surface area contributed by atoms with Gasteiger partial charge in [0, 0.05) is 19.4 Å². The molecule has 3 N–H and O–H groups in total. The summed E-state index contributed by atoms with van der Waals surface area (Å²) >= 11 is 0. The van der Waals surface area contributed by atoms with E-state index in [4.69, 9.17) is 5.11 Å².